The van der Waals surface area contributed by atoms with Crippen LogP contribution < -0.4 is 10.1 Å². The Labute approximate surface area is 90.9 Å². The summed E-state index contributed by atoms with van der Waals surface area (Å²) in [5, 5.41) is 3.21. The molecule has 1 saturated carbocycles. The average Bonchev–Trinajstić information content (AvgIpc) is 2.23. The third kappa shape index (κ3) is 2.29. The van der Waals surface area contributed by atoms with Crippen molar-refractivity contribution in [2.45, 2.75) is 38.3 Å². The molecule has 2 rings (SSSR count). The molecule has 1 fully saturated rings. The maximum Gasteiger partial charge on any atom is 0.218 e. The molecule has 3 nitrogen and oxygen atoms in total. The zero-order valence-corrected chi connectivity index (χ0v) is 9.36. The molecule has 1 aliphatic carbocycles. The molecule has 1 aliphatic rings. The number of pyridine rings is 1. The smallest absolute Gasteiger partial charge is 0.218 e. The van der Waals surface area contributed by atoms with E-state index in [-0.39, 0.29) is 6.04 Å². The topological polar surface area (TPSA) is 34.2 Å². The molecule has 0 saturated heterocycles. The number of nitrogens with one attached hydrogen (secondary N) is 1. The molecular weight excluding hydrogens is 188 g/mol. The van der Waals surface area contributed by atoms with Gasteiger partial charge >= 0.3 is 0 Å². The van der Waals surface area contributed by atoms with E-state index in [0.29, 0.717) is 6.10 Å². The summed E-state index contributed by atoms with van der Waals surface area (Å²) >= 11 is 0. The highest BCUT2D eigenvalue weighted by Gasteiger charge is 2.21. The van der Waals surface area contributed by atoms with Crippen molar-refractivity contribution in [1.82, 2.24) is 10.3 Å². The first-order valence-electron chi connectivity index (χ1n) is 5.60. The lowest BCUT2D eigenvalue weighted by Gasteiger charge is -2.27. The largest absolute Gasteiger partial charge is 0.474 e. The number of rotatable bonds is 4. The second kappa shape index (κ2) is 4.62. The summed E-state index contributed by atoms with van der Waals surface area (Å²) in [6.45, 7) is 2.12. The van der Waals surface area contributed by atoms with Crippen LogP contribution in [-0.2, 0) is 0 Å². The van der Waals surface area contributed by atoms with Gasteiger partial charge < -0.3 is 10.1 Å². The maximum absolute atomic E-state index is 5.85. The molecule has 3 heteroatoms. The van der Waals surface area contributed by atoms with Crippen molar-refractivity contribution in [2.24, 2.45) is 0 Å². The molecule has 1 atom stereocenters. The van der Waals surface area contributed by atoms with Gasteiger partial charge in [0.2, 0.25) is 5.88 Å². The molecule has 1 heterocycles. The fourth-order valence-electron chi connectivity index (χ4n) is 1.63. The fraction of sp³-hybridized carbons (Fsp3) is 0.583. The van der Waals surface area contributed by atoms with Crippen LogP contribution in [0.4, 0.5) is 0 Å². The van der Waals surface area contributed by atoms with Crippen molar-refractivity contribution in [3.63, 3.8) is 0 Å². The van der Waals surface area contributed by atoms with Crippen LogP contribution in [0.25, 0.3) is 0 Å². The Morgan fingerprint density at radius 3 is 2.93 bits per heavy atom. The van der Waals surface area contributed by atoms with Gasteiger partial charge in [-0.2, -0.15) is 0 Å². The highest BCUT2D eigenvalue weighted by atomic mass is 16.5. The van der Waals surface area contributed by atoms with E-state index in [0.717, 1.165) is 11.4 Å². The Balaban J connectivity index is 2.13. The Morgan fingerprint density at radius 2 is 2.33 bits per heavy atom. The van der Waals surface area contributed by atoms with Crippen LogP contribution in [0.2, 0.25) is 0 Å². The Hall–Kier alpha value is -1.09. The minimum atomic E-state index is 0.286. The number of ether oxygens (including phenoxy) is 1. The van der Waals surface area contributed by atoms with E-state index < -0.39 is 0 Å². The molecule has 1 aromatic heterocycles. The molecule has 1 aromatic rings. The minimum absolute atomic E-state index is 0.286. The molecule has 0 radical (unpaired) electrons. The van der Waals surface area contributed by atoms with Crippen molar-refractivity contribution in [2.75, 3.05) is 7.05 Å². The molecule has 1 unspecified atom stereocenters. The van der Waals surface area contributed by atoms with E-state index in [9.17, 15) is 0 Å². The predicted octanol–water partition coefficient (Wildman–Crippen LogP) is 2.29. The SMILES string of the molecule is CNC(C)c1cccnc1OC1CCC1. The summed E-state index contributed by atoms with van der Waals surface area (Å²) in [6, 6.07) is 4.31. The average molecular weight is 206 g/mol. The van der Waals surface area contributed by atoms with Crippen LogP contribution in [0.3, 0.4) is 0 Å². The van der Waals surface area contributed by atoms with Gasteiger partial charge in [-0.1, -0.05) is 6.07 Å². The number of nitrogens with zero attached hydrogens (tertiary/aromatic N) is 1. The summed E-state index contributed by atoms with van der Waals surface area (Å²) in [7, 11) is 1.95. The molecule has 0 spiro atoms. The van der Waals surface area contributed by atoms with E-state index in [1.165, 1.54) is 19.3 Å². The molecule has 0 bridgehead atoms. The zero-order chi connectivity index (χ0) is 10.7. The first kappa shape index (κ1) is 10.4. The lowest BCUT2D eigenvalue weighted by molar-refractivity contribution is 0.112. The summed E-state index contributed by atoms with van der Waals surface area (Å²) in [6.07, 6.45) is 5.81. The first-order valence-corrected chi connectivity index (χ1v) is 5.60. The number of hydrogen-bond acceptors (Lipinski definition) is 3. The zero-order valence-electron chi connectivity index (χ0n) is 9.36. The number of aromatic nitrogens is 1. The van der Waals surface area contributed by atoms with Crippen molar-refractivity contribution < 1.29 is 4.74 Å². The highest BCUT2D eigenvalue weighted by Crippen LogP contribution is 2.28. The highest BCUT2D eigenvalue weighted by molar-refractivity contribution is 5.28. The van der Waals surface area contributed by atoms with Crippen LogP contribution >= 0.6 is 0 Å². The Kier molecular flexibility index (Phi) is 3.21. The molecule has 0 aliphatic heterocycles. The van der Waals surface area contributed by atoms with Gasteiger partial charge in [-0.15, -0.1) is 0 Å². The summed E-state index contributed by atoms with van der Waals surface area (Å²) in [5.74, 6) is 0.795. The predicted molar refractivity (Wildman–Crippen MR) is 60.0 cm³/mol. The van der Waals surface area contributed by atoms with Crippen molar-refractivity contribution in [3.8, 4) is 5.88 Å². The minimum Gasteiger partial charge on any atom is -0.474 e. The van der Waals surface area contributed by atoms with E-state index >= 15 is 0 Å². The molecular formula is C12H18N2O. The summed E-state index contributed by atoms with van der Waals surface area (Å²) in [4.78, 5) is 4.31. The standard InChI is InChI=1S/C12H18N2O/c1-9(13-2)11-7-4-8-14-12(11)15-10-5-3-6-10/h4,7-10,13H,3,5-6H2,1-2H3. The van der Waals surface area contributed by atoms with Gasteiger partial charge in [-0.3, -0.25) is 0 Å². The molecule has 0 aromatic carbocycles. The Morgan fingerprint density at radius 1 is 1.53 bits per heavy atom. The normalized spacial score (nSPS) is 18.3. The van der Waals surface area contributed by atoms with Gasteiger partial charge in [0.05, 0.1) is 0 Å². The van der Waals surface area contributed by atoms with Gasteiger partial charge in [-0.05, 0) is 39.3 Å². The summed E-state index contributed by atoms with van der Waals surface area (Å²) < 4.78 is 5.85. The monoisotopic (exact) mass is 206 g/mol. The fourth-order valence-corrected chi connectivity index (χ4v) is 1.63. The van der Waals surface area contributed by atoms with Crippen LogP contribution in [0.5, 0.6) is 5.88 Å². The second-order valence-corrected chi connectivity index (χ2v) is 4.08. The second-order valence-electron chi connectivity index (χ2n) is 4.08. The Bertz CT molecular complexity index is 323. The van der Waals surface area contributed by atoms with Gasteiger partial charge in [0.25, 0.3) is 0 Å². The lowest BCUT2D eigenvalue weighted by Crippen LogP contribution is -2.26. The van der Waals surface area contributed by atoms with Crippen molar-refractivity contribution in [1.29, 1.82) is 0 Å². The van der Waals surface area contributed by atoms with Crippen LogP contribution in [0.15, 0.2) is 18.3 Å². The van der Waals surface area contributed by atoms with Gasteiger partial charge in [0.1, 0.15) is 6.10 Å². The van der Waals surface area contributed by atoms with E-state index in [1.807, 2.05) is 13.1 Å². The molecule has 15 heavy (non-hydrogen) atoms. The number of hydrogen-bond donors (Lipinski definition) is 1. The first-order chi connectivity index (χ1) is 7.31. The van der Waals surface area contributed by atoms with Crippen molar-refractivity contribution in [3.05, 3.63) is 23.9 Å². The van der Waals surface area contributed by atoms with E-state index in [2.05, 4.69) is 23.3 Å². The third-order valence-electron chi connectivity index (χ3n) is 3.03. The molecule has 0 amide bonds. The quantitative estimate of drug-likeness (QED) is 0.820. The van der Waals surface area contributed by atoms with Gasteiger partial charge in [0, 0.05) is 17.8 Å². The third-order valence-corrected chi connectivity index (χ3v) is 3.03. The van der Waals surface area contributed by atoms with E-state index in [4.69, 9.17) is 4.74 Å². The van der Waals surface area contributed by atoms with Gasteiger partial charge in [-0.25, -0.2) is 4.98 Å². The summed E-state index contributed by atoms with van der Waals surface area (Å²) in [5.41, 5.74) is 1.15. The van der Waals surface area contributed by atoms with Crippen LogP contribution in [0.1, 0.15) is 37.8 Å². The maximum atomic E-state index is 5.85. The molecule has 1 N–H and O–H groups in total. The van der Waals surface area contributed by atoms with Crippen molar-refractivity contribution >= 4 is 0 Å². The van der Waals surface area contributed by atoms with Crippen LogP contribution in [0, 0.1) is 0 Å². The van der Waals surface area contributed by atoms with E-state index in [1.54, 1.807) is 6.20 Å². The van der Waals surface area contributed by atoms with Gasteiger partial charge in [0.15, 0.2) is 0 Å². The van der Waals surface area contributed by atoms with Crippen LogP contribution in [-0.4, -0.2) is 18.1 Å². The lowest BCUT2D eigenvalue weighted by atomic mass is 9.96. The molecule has 82 valence electrons.